The Morgan fingerprint density at radius 2 is 2.08 bits per heavy atom. The maximum Gasteiger partial charge on any atom is 0.264 e. The molecule has 0 unspecified atom stereocenters. The quantitative estimate of drug-likeness (QED) is 0.689. The van der Waals surface area contributed by atoms with Gasteiger partial charge in [-0.2, -0.15) is 0 Å². The van der Waals surface area contributed by atoms with E-state index in [-0.39, 0.29) is 12.5 Å². The van der Waals surface area contributed by atoms with Crippen LogP contribution in [0.25, 0.3) is 10.2 Å². The van der Waals surface area contributed by atoms with Crippen molar-refractivity contribution in [2.45, 2.75) is 19.8 Å². The largest absolute Gasteiger partial charge is 0.483 e. The summed E-state index contributed by atoms with van der Waals surface area (Å²) >= 11 is 7.35. The second-order valence-corrected chi connectivity index (χ2v) is 7.13. The summed E-state index contributed by atoms with van der Waals surface area (Å²) in [6.07, 6.45) is 0. The van der Waals surface area contributed by atoms with Crippen molar-refractivity contribution in [3.05, 3.63) is 53.1 Å². The van der Waals surface area contributed by atoms with Gasteiger partial charge >= 0.3 is 0 Å². The van der Waals surface area contributed by atoms with Gasteiger partial charge in [-0.1, -0.05) is 55.0 Å². The highest BCUT2D eigenvalue weighted by Gasteiger charge is 2.11. The highest BCUT2D eigenvalue weighted by Crippen LogP contribution is 2.28. The Kier molecular flexibility index (Phi) is 5.02. The highest BCUT2D eigenvalue weighted by molar-refractivity contribution is 7.22. The lowest BCUT2D eigenvalue weighted by Crippen LogP contribution is -2.20. The zero-order chi connectivity index (χ0) is 17.1. The van der Waals surface area contributed by atoms with Gasteiger partial charge in [-0.25, -0.2) is 4.98 Å². The van der Waals surface area contributed by atoms with E-state index in [4.69, 9.17) is 16.3 Å². The first-order valence-electron chi connectivity index (χ1n) is 7.60. The van der Waals surface area contributed by atoms with E-state index in [1.54, 1.807) is 6.07 Å². The maximum absolute atomic E-state index is 12.1. The van der Waals surface area contributed by atoms with Crippen molar-refractivity contribution < 1.29 is 9.53 Å². The average Bonchev–Trinajstić information content (AvgIpc) is 2.94. The van der Waals surface area contributed by atoms with Gasteiger partial charge in [-0.05, 0) is 35.7 Å². The van der Waals surface area contributed by atoms with Crippen LogP contribution in [0, 0.1) is 0 Å². The molecule has 1 amide bonds. The molecule has 0 aliphatic rings. The van der Waals surface area contributed by atoms with Gasteiger partial charge in [0.2, 0.25) is 0 Å². The number of para-hydroxylation sites is 1. The SMILES string of the molecule is CC(C)c1ccccc1OCC(=O)Nc1nc2ccc(Cl)cc2s1. The molecule has 3 rings (SSSR count). The van der Waals surface area contributed by atoms with Gasteiger partial charge in [0.25, 0.3) is 5.91 Å². The number of nitrogens with zero attached hydrogens (tertiary/aromatic N) is 1. The van der Waals surface area contributed by atoms with E-state index in [0.29, 0.717) is 16.1 Å². The molecule has 4 nitrogen and oxygen atoms in total. The molecule has 0 fully saturated rings. The molecule has 0 spiro atoms. The van der Waals surface area contributed by atoms with Crippen LogP contribution < -0.4 is 10.1 Å². The molecule has 3 aromatic rings. The van der Waals surface area contributed by atoms with Crippen molar-refractivity contribution in [3.8, 4) is 5.75 Å². The highest BCUT2D eigenvalue weighted by atomic mass is 35.5. The average molecular weight is 361 g/mol. The number of ether oxygens (including phenoxy) is 1. The minimum Gasteiger partial charge on any atom is -0.483 e. The molecule has 24 heavy (non-hydrogen) atoms. The van der Waals surface area contributed by atoms with Gasteiger partial charge in [0.15, 0.2) is 11.7 Å². The second-order valence-electron chi connectivity index (χ2n) is 5.66. The number of carbonyl (C=O) groups excluding carboxylic acids is 1. The summed E-state index contributed by atoms with van der Waals surface area (Å²) in [4.78, 5) is 16.5. The predicted octanol–water partition coefficient (Wildman–Crippen LogP) is 5.09. The minimum atomic E-state index is -0.237. The van der Waals surface area contributed by atoms with Crippen molar-refractivity contribution in [1.29, 1.82) is 0 Å². The standard InChI is InChI=1S/C18H17ClN2O2S/c1-11(2)13-5-3-4-6-15(13)23-10-17(22)21-18-20-14-8-7-12(19)9-16(14)24-18/h3-9,11H,10H2,1-2H3,(H,20,21,22). The number of benzene rings is 2. The van der Waals surface area contributed by atoms with Gasteiger partial charge in [0.1, 0.15) is 5.75 Å². The van der Waals surface area contributed by atoms with Crippen molar-refractivity contribution in [2.75, 3.05) is 11.9 Å². The molecule has 0 bridgehead atoms. The number of rotatable bonds is 5. The van der Waals surface area contributed by atoms with Crippen molar-refractivity contribution in [1.82, 2.24) is 4.98 Å². The molecular weight excluding hydrogens is 344 g/mol. The van der Waals surface area contributed by atoms with Crippen LogP contribution in [0.4, 0.5) is 5.13 Å². The minimum absolute atomic E-state index is 0.0551. The van der Waals surface area contributed by atoms with Crippen LogP contribution in [0.2, 0.25) is 5.02 Å². The fraction of sp³-hybridized carbons (Fsp3) is 0.222. The van der Waals surface area contributed by atoms with Crippen molar-refractivity contribution in [2.24, 2.45) is 0 Å². The number of aromatic nitrogens is 1. The molecule has 6 heteroatoms. The van der Waals surface area contributed by atoms with Gasteiger partial charge in [-0.15, -0.1) is 0 Å². The third-order valence-electron chi connectivity index (χ3n) is 3.50. The Morgan fingerprint density at radius 3 is 2.88 bits per heavy atom. The molecule has 0 aliphatic carbocycles. The van der Waals surface area contributed by atoms with Crippen LogP contribution in [0.15, 0.2) is 42.5 Å². The number of nitrogens with one attached hydrogen (secondary N) is 1. The zero-order valence-electron chi connectivity index (χ0n) is 13.4. The van der Waals surface area contributed by atoms with Gasteiger partial charge in [0.05, 0.1) is 10.2 Å². The molecule has 1 aromatic heterocycles. The Morgan fingerprint density at radius 1 is 1.29 bits per heavy atom. The Hall–Kier alpha value is -2.11. The van der Waals surface area contributed by atoms with E-state index in [2.05, 4.69) is 24.1 Å². The van der Waals surface area contributed by atoms with Crippen LogP contribution in [0.5, 0.6) is 5.75 Å². The molecule has 2 aromatic carbocycles. The van der Waals surface area contributed by atoms with Gasteiger partial charge in [0, 0.05) is 5.02 Å². The van der Waals surface area contributed by atoms with Crippen LogP contribution in [0.3, 0.4) is 0 Å². The first-order valence-corrected chi connectivity index (χ1v) is 8.80. The normalized spacial score (nSPS) is 11.0. The number of anilines is 1. The number of thiazole rings is 1. The molecule has 0 saturated carbocycles. The predicted molar refractivity (Wildman–Crippen MR) is 99.3 cm³/mol. The summed E-state index contributed by atoms with van der Waals surface area (Å²) < 4.78 is 6.60. The number of halogens is 1. The number of amides is 1. The van der Waals surface area contributed by atoms with Crippen LogP contribution >= 0.6 is 22.9 Å². The molecule has 0 radical (unpaired) electrons. The molecule has 0 atom stereocenters. The third kappa shape index (κ3) is 3.86. The summed E-state index contributed by atoms with van der Waals surface area (Å²) in [5.41, 5.74) is 1.89. The molecule has 1 heterocycles. The van der Waals surface area contributed by atoms with Crippen LogP contribution in [0.1, 0.15) is 25.3 Å². The number of fused-ring (bicyclic) bond motifs is 1. The molecule has 0 saturated heterocycles. The maximum atomic E-state index is 12.1. The molecule has 1 N–H and O–H groups in total. The third-order valence-corrected chi connectivity index (χ3v) is 4.67. The van der Waals surface area contributed by atoms with E-state index in [9.17, 15) is 4.79 Å². The van der Waals surface area contributed by atoms with Crippen LogP contribution in [-0.2, 0) is 4.79 Å². The fourth-order valence-electron chi connectivity index (χ4n) is 2.34. The molecule has 0 aliphatic heterocycles. The lowest BCUT2D eigenvalue weighted by Gasteiger charge is -2.13. The lowest BCUT2D eigenvalue weighted by molar-refractivity contribution is -0.118. The summed E-state index contributed by atoms with van der Waals surface area (Å²) in [6, 6.07) is 13.2. The lowest BCUT2D eigenvalue weighted by atomic mass is 10.0. The van der Waals surface area contributed by atoms with E-state index in [1.165, 1.54) is 11.3 Å². The van der Waals surface area contributed by atoms with Crippen LogP contribution in [-0.4, -0.2) is 17.5 Å². The first-order chi connectivity index (χ1) is 11.5. The smallest absolute Gasteiger partial charge is 0.264 e. The van der Waals surface area contributed by atoms with Gasteiger partial charge in [-0.3, -0.25) is 10.1 Å². The van der Waals surface area contributed by atoms with E-state index < -0.39 is 0 Å². The Labute approximate surface area is 149 Å². The second kappa shape index (κ2) is 7.20. The van der Waals surface area contributed by atoms with Crippen molar-refractivity contribution >= 4 is 44.2 Å². The van der Waals surface area contributed by atoms with E-state index in [0.717, 1.165) is 21.5 Å². The summed E-state index contributed by atoms with van der Waals surface area (Å²) in [7, 11) is 0. The van der Waals surface area contributed by atoms with E-state index >= 15 is 0 Å². The topological polar surface area (TPSA) is 51.2 Å². The first kappa shape index (κ1) is 16.7. The molecule has 124 valence electrons. The van der Waals surface area contributed by atoms with Gasteiger partial charge < -0.3 is 4.74 Å². The monoisotopic (exact) mass is 360 g/mol. The summed E-state index contributed by atoms with van der Waals surface area (Å²) in [5.74, 6) is 0.829. The van der Waals surface area contributed by atoms with Crippen molar-refractivity contribution in [3.63, 3.8) is 0 Å². The summed E-state index contributed by atoms with van der Waals surface area (Å²) in [5, 5.41) is 3.96. The molecular formula is C18H17ClN2O2S. The van der Waals surface area contributed by atoms with E-state index in [1.807, 2.05) is 36.4 Å². The number of hydrogen-bond donors (Lipinski definition) is 1. The Bertz CT molecular complexity index is 876. The zero-order valence-corrected chi connectivity index (χ0v) is 14.9. The number of carbonyl (C=O) groups is 1. The summed E-state index contributed by atoms with van der Waals surface area (Å²) in [6.45, 7) is 4.13. The fourth-order valence-corrected chi connectivity index (χ4v) is 3.50. The Balaban J connectivity index is 1.65. The number of hydrogen-bond acceptors (Lipinski definition) is 4.